The van der Waals surface area contributed by atoms with Crippen molar-refractivity contribution in [3.8, 4) is 22.0 Å². The van der Waals surface area contributed by atoms with E-state index in [2.05, 4.69) is 20.9 Å². The normalized spacial score (nSPS) is 10.6. The molecule has 0 unspecified atom stereocenters. The average Bonchev–Trinajstić information content (AvgIpc) is 3.00. The first-order chi connectivity index (χ1) is 8.33. The van der Waals surface area contributed by atoms with Gasteiger partial charge in [-0.2, -0.15) is 0 Å². The van der Waals surface area contributed by atoms with Crippen LogP contribution in [-0.2, 0) is 0 Å². The number of aromatic nitrogens is 1. The van der Waals surface area contributed by atoms with Gasteiger partial charge in [-0.3, -0.25) is 0 Å². The summed E-state index contributed by atoms with van der Waals surface area (Å²) in [5, 5.41) is 2.95. The largest absolute Gasteiger partial charge is 0.462 e. The maximum absolute atomic E-state index is 5.33. The summed E-state index contributed by atoms with van der Waals surface area (Å²) in [7, 11) is 0. The molecule has 0 bridgehead atoms. The highest BCUT2D eigenvalue weighted by molar-refractivity contribution is 9.10. The molecule has 3 rings (SSSR count). The summed E-state index contributed by atoms with van der Waals surface area (Å²) in [5.41, 5.74) is 2.09. The van der Waals surface area contributed by atoms with E-state index in [-0.39, 0.29) is 0 Å². The number of hydrogen-bond acceptors (Lipinski definition) is 3. The van der Waals surface area contributed by atoms with Crippen LogP contribution in [0.3, 0.4) is 0 Å². The quantitative estimate of drug-likeness (QED) is 0.677. The van der Waals surface area contributed by atoms with Crippen molar-refractivity contribution in [3.05, 3.63) is 52.5 Å². The molecule has 3 aromatic rings. The van der Waals surface area contributed by atoms with Crippen molar-refractivity contribution in [3.63, 3.8) is 0 Å². The van der Waals surface area contributed by atoms with E-state index in [4.69, 9.17) is 4.42 Å². The minimum absolute atomic E-state index is 0.818. The van der Waals surface area contributed by atoms with Gasteiger partial charge in [0, 0.05) is 15.4 Å². The number of thiazole rings is 1. The Hall–Kier alpha value is -1.39. The molecule has 0 fully saturated rings. The number of halogens is 1. The van der Waals surface area contributed by atoms with E-state index in [0.29, 0.717) is 0 Å². The van der Waals surface area contributed by atoms with Gasteiger partial charge in [0.05, 0.1) is 12.0 Å². The third kappa shape index (κ3) is 2.18. The van der Waals surface area contributed by atoms with Crippen LogP contribution in [-0.4, -0.2) is 4.98 Å². The fourth-order valence-corrected chi connectivity index (χ4v) is 2.60. The van der Waals surface area contributed by atoms with Crippen molar-refractivity contribution in [1.29, 1.82) is 0 Å². The number of furan rings is 1. The van der Waals surface area contributed by atoms with Crippen LogP contribution in [0.5, 0.6) is 0 Å². The highest BCUT2D eigenvalue weighted by Gasteiger charge is 2.08. The standard InChI is InChI=1S/C13H8BrNOS/c14-10-5-3-9(4-6-10)11-8-17-13(15-11)12-2-1-7-16-12/h1-8H. The zero-order valence-electron chi connectivity index (χ0n) is 8.76. The van der Waals surface area contributed by atoms with Gasteiger partial charge in [0.2, 0.25) is 0 Å². The third-order valence-corrected chi connectivity index (χ3v) is 3.76. The Balaban J connectivity index is 1.98. The van der Waals surface area contributed by atoms with Gasteiger partial charge in [0.15, 0.2) is 10.8 Å². The first-order valence-corrected chi connectivity index (χ1v) is 6.75. The SMILES string of the molecule is Brc1ccc(-c2csc(-c3ccco3)n2)cc1. The van der Waals surface area contributed by atoms with Crippen molar-refractivity contribution in [1.82, 2.24) is 4.98 Å². The van der Waals surface area contributed by atoms with Crippen molar-refractivity contribution in [2.45, 2.75) is 0 Å². The van der Waals surface area contributed by atoms with Gasteiger partial charge in [-0.05, 0) is 24.3 Å². The van der Waals surface area contributed by atoms with E-state index in [1.54, 1.807) is 17.6 Å². The molecule has 0 radical (unpaired) electrons. The molecule has 0 saturated carbocycles. The predicted molar refractivity (Wildman–Crippen MR) is 73.0 cm³/mol. The average molecular weight is 306 g/mol. The van der Waals surface area contributed by atoms with E-state index < -0.39 is 0 Å². The molecule has 0 amide bonds. The lowest BCUT2D eigenvalue weighted by atomic mass is 10.2. The fourth-order valence-electron chi connectivity index (χ4n) is 1.54. The molecule has 4 heteroatoms. The van der Waals surface area contributed by atoms with Crippen molar-refractivity contribution in [2.75, 3.05) is 0 Å². The lowest BCUT2D eigenvalue weighted by Gasteiger charge is -1.95. The molecule has 0 aliphatic heterocycles. The second-order valence-corrected chi connectivity index (χ2v) is 5.30. The summed E-state index contributed by atoms with van der Waals surface area (Å²) in [4.78, 5) is 4.56. The maximum atomic E-state index is 5.33. The number of benzene rings is 1. The van der Waals surface area contributed by atoms with Crippen LogP contribution in [0.2, 0.25) is 0 Å². The molecule has 2 aromatic heterocycles. The molecule has 1 aromatic carbocycles. The van der Waals surface area contributed by atoms with Crippen molar-refractivity contribution < 1.29 is 4.42 Å². The Morgan fingerprint density at radius 2 is 1.94 bits per heavy atom. The smallest absolute Gasteiger partial charge is 0.162 e. The minimum atomic E-state index is 0.818. The summed E-state index contributed by atoms with van der Waals surface area (Å²) >= 11 is 5.01. The van der Waals surface area contributed by atoms with Gasteiger partial charge < -0.3 is 4.42 Å². The van der Waals surface area contributed by atoms with Crippen LogP contribution in [0.4, 0.5) is 0 Å². The Morgan fingerprint density at radius 1 is 1.12 bits per heavy atom. The van der Waals surface area contributed by atoms with Crippen LogP contribution >= 0.6 is 27.3 Å². The molecule has 0 saturated heterocycles. The topological polar surface area (TPSA) is 26.0 Å². The number of nitrogens with zero attached hydrogens (tertiary/aromatic N) is 1. The van der Waals surface area contributed by atoms with Gasteiger partial charge in [-0.25, -0.2) is 4.98 Å². The molecular formula is C13H8BrNOS. The molecule has 2 nitrogen and oxygen atoms in total. The molecule has 0 spiro atoms. The Morgan fingerprint density at radius 3 is 2.65 bits per heavy atom. The van der Waals surface area contributed by atoms with E-state index in [1.807, 2.05) is 41.8 Å². The Labute approximate surface area is 111 Å². The van der Waals surface area contributed by atoms with E-state index >= 15 is 0 Å². The van der Waals surface area contributed by atoms with E-state index in [9.17, 15) is 0 Å². The van der Waals surface area contributed by atoms with Crippen LogP contribution in [0.25, 0.3) is 22.0 Å². The third-order valence-electron chi connectivity index (χ3n) is 2.38. The second kappa shape index (κ2) is 4.47. The molecule has 0 atom stereocenters. The van der Waals surface area contributed by atoms with E-state index in [1.165, 1.54) is 0 Å². The van der Waals surface area contributed by atoms with Crippen molar-refractivity contribution >= 4 is 27.3 Å². The van der Waals surface area contributed by atoms with Crippen LogP contribution < -0.4 is 0 Å². The van der Waals surface area contributed by atoms with E-state index in [0.717, 1.165) is 26.5 Å². The lowest BCUT2D eigenvalue weighted by Crippen LogP contribution is -1.77. The van der Waals surface area contributed by atoms with Gasteiger partial charge >= 0.3 is 0 Å². The number of rotatable bonds is 2. The van der Waals surface area contributed by atoms with Crippen LogP contribution in [0.15, 0.2) is 56.9 Å². The molecular weight excluding hydrogens is 298 g/mol. The molecule has 2 heterocycles. The summed E-state index contributed by atoms with van der Waals surface area (Å²) in [6, 6.07) is 11.9. The molecule has 0 aliphatic carbocycles. The Bertz CT molecular complexity index is 613. The minimum Gasteiger partial charge on any atom is -0.462 e. The predicted octanol–water partition coefficient (Wildman–Crippen LogP) is 4.83. The molecule has 0 aliphatic rings. The molecule has 0 N–H and O–H groups in total. The first kappa shape index (κ1) is 10.7. The molecule has 17 heavy (non-hydrogen) atoms. The zero-order chi connectivity index (χ0) is 11.7. The summed E-state index contributed by atoms with van der Waals surface area (Å²) in [5.74, 6) is 0.818. The van der Waals surface area contributed by atoms with Crippen LogP contribution in [0.1, 0.15) is 0 Å². The molecule has 84 valence electrons. The fraction of sp³-hybridized carbons (Fsp3) is 0. The second-order valence-electron chi connectivity index (χ2n) is 3.52. The van der Waals surface area contributed by atoms with Gasteiger partial charge in [-0.15, -0.1) is 11.3 Å². The highest BCUT2D eigenvalue weighted by Crippen LogP contribution is 2.29. The highest BCUT2D eigenvalue weighted by atomic mass is 79.9. The van der Waals surface area contributed by atoms with Crippen molar-refractivity contribution in [2.24, 2.45) is 0 Å². The lowest BCUT2D eigenvalue weighted by molar-refractivity contribution is 0.582. The first-order valence-electron chi connectivity index (χ1n) is 5.08. The Kier molecular flexibility index (Phi) is 2.82. The summed E-state index contributed by atoms with van der Waals surface area (Å²) in [6.07, 6.45) is 1.66. The monoisotopic (exact) mass is 305 g/mol. The van der Waals surface area contributed by atoms with Crippen LogP contribution in [0, 0.1) is 0 Å². The van der Waals surface area contributed by atoms with Gasteiger partial charge in [0.1, 0.15) is 0 Å². The zero-order valence-corrected chi connectivity index (χ0v) is 11.2. The maximum Gasteiger partial charge on any atom is 0.162 e. The van der Waals surface area contributed by atoms with Gasteiger partial charge in [0.25, 0.3) is 0 Å². The van der Waals surface area contributed by atoms with Gasteiger partial charge in [-0.1, -0.05) is 28.1 Å². The summed E-state index contributed by atoms with van der Waals surface area (Å²) < 4.78 is 6.40. The number of hydrogen-bond donors (Lipinski definition) is 0. The summed E-state index contributed by atoms with van der Waals surface area (Å²) in [6.45, 7) is 0.